The third-order valence-electron chi connectivity index (χ3n) is 6.05. The molecular weight excluding hydrogens is 464 g/mol. The molecule has 1 fully saturated rings. The molecule has 0 aliphatic carbocycles. The van der Waals surface area contributed by atoms with Crippen LogP contribution >= 0.6 is 11.8 Å². The lowest BCUT2D eigenvalue weighted by Gasteiger charge is -2.16. The molecule has 1 saturated heterocycles. The number of H-pyrrole nitrogens is 1. The van der Waals surface area contributed by atoms with Crippen molar-refractivity contribution >= 4 is 40.2 Å². The molecule has 0 bridgehead atoms. The van der Waals surface area contributed by atoms with Crippen LogP contribution in [0.3, 0.4) is 0 Å². The van der Waals surface area contributed by atoms with E-state index in [4.69, 9.17) is 10.5 Å². The Morgan fingerprint density at radius 1 is 1.23 bits per heavy atom. The molecule has 1 aliphatic rings. The van der Waals surface area contributed by atoms with Crippen molar-refractivity contribution in [2.45, 2.75) is 42.8 Å². The number of benzene rings is 2. The van der Waals surface area contributed by atoms with Gasteiger partial charge >= 0.3 is 0 Å². The number of rotatable bonds is 8. The number of thioether (sulfide) groups is 1. The van der Waals surface area contributed by atoms with Gasteiger partial charge in [-0.1, -0.05) is 30.0 Å². The molecule has 2 amide bonds. The highest BCUT2D eigenvalue weighted by Gasteiger charge is 2.25. The van der Waals surface area contributed by atoms with E-state index in [0.29, 0.717) is 23.0 Å². The monoisotopic (exact) mass is 490 g/mol. The standard InChI is InChI=1S/C25H26N6O3S/c1-15(24(33)28-17-10-8-16(9-11-17)22(26)32)35-25-30-29-23(31(25)14-18-5-4-12-34-18)20-13-27-21-7-3-2-6-19(20)21/h2-3,6-11,13,15,18,27H,4-5,12,14H2,1H3,(H2,26,32)(H,28,33). The van der Waals surface area contributed by atoms with E-state index in [1.165, 1.54) is 11.8 Å². The van der Waals surface area contributed by atoms with Crippen molar-refractivity contribution in [1.82, 2.24) is 19.7 Å². The molecule has 3 heterocycles. The number of anilines is 1. The number of fused-ring (bicyclic) bond motifs is 1. The normalized spacial score (nSPS) is 16.4. The number of aromatic amines is 1. The maximum absolute atomic E-state index is 12.9. The molecule has 2 atom stereocenters. The fourth-order valence-electron chi connectivity index (χ4n) is 4.16. The number of primary amides is 1. The van der Waals surface area contributed by atoms with Crippen LogP contribution in [0.15, 0.2) is 59.9 Å². The zero-order chi connectivity index (χ0) is 24.4. The summed E-state index contributed by atoms with van der Waals surface area (Å²) in [4.78, 5) is 27.5. The van der Waals surface area contributed by atoms with Crippen LogP contribution in [0.5, 0.6) is 0 Å². The van der Waals surface area contributed by atoms with Gasteiger partial charge in [-0.25, -0.2) is 0 Å². The SMILES string of the molecule is CC(Sc1nnc(-c2c[nH]c3ccccc23)n1CC1CCCO1)C(=O)Nc1ccc(C(N)=O)cc1. The number of carbonyl (C=O) groups is 2. The van der Waals surface area contributed by atoms with Gasteiger partial charge in [-0.3, -0.25) is 14.2 Å². The number of hydrogen-bond acceptors (Lipinski definition) is 6. The fraction of sp³-hybridized carbons (Fsp3) is 0.280. The highest BCUT2D eigenvalue weighted by Crippen LogP contribution is 2.32. The first-order valence-corrected chi connectivity index (χ1v) is 12.4. The van der Waals surface area contributed by atoms with E-state index in [1.54, 1.807) is 24.3 Å². The van der Waals surface area contributed by atoms with Gasteiger partial charge in [0.05, 0.1) is 17.9 Å². The minimum Gasteiger partial charge on any atom is -0.376 e. The molecule has 0 radical (unpaired) electrons. The zero-order valence-corrected chi connectivity index (χ0v) is 20.0. The van der Waals surface area contributed by atoms with Crippen LogP contribution in [0.2, 0.25) is 0 Å². The van der Waals surface area contributed by atoms with Crippen molar-refractivity contribution in [2.24, 2.45) is 5.73 Å². The quantitative estimate of drug-likeness (QED) is 0.322. The van der Waals surface area contributed by atoms with Crippen molar-refractivity contribution in [2.75, 3.05) is 11.9 Å². The van der Waals surface area contributed by atoms with Crippen molar-refractivity contribution in [3.8, 4) is 11.4 Å². The van der Waals surface area contributed by atoms with Gasteiger partial charge in [0.25, 0.3) is 0 Å². The molecule has 4 aromatic rings. The van der Waals surface area contributed by atoms with Crippen LogP contribution in [0.4, 0.5) is 5.69 Å². The first-order chi connectivity index (χ1) is 17.0. The van der Waals surface area contributed by atoms with Gasteiger partial charge in [-0.05, 0) is 50.1 Å². The Balaban J connectivity index is 1.38. The summed E-state index contributed by atoms with van der Waals surface area (Å²) in [6.45, 7) is 3.20. The van der Waals surface area contributed by atoms with Crippen molar-refractivity contribution in [3.05, 3.63) is 60.3 Å². The maximum Gasteiger partial charge on any atom is 0.248 e. The van der Waals surface area contributed by atoms with Gasteiger partial charge in [-0.2, -0.15) is 0 Å². The molecule has 1 aliphatic heterocycles. The van der Waals surface area contributed by atoms with Gasteiger partial charge in [0.1, 0.15) is 0 Å². The van der Waals surface area contributed by atoms with Crippen LogP contribution in [0.1, 0.15) is 30.1 Å². The molecule has 0 spiro atoms. The smallest absolute Gasteiger partial charge is 0.248 e. The third-order valence-corrected chi connectivity index (χ3v) is 7.13. The Hall–Kier alpha value is -3.63. The lowest BCUT2D eigenvalue weighted by atomic mass is 10.1. The Morgan fingerprint density at radius 2 is 2.03 bits per heavy atom. The Morgan fingerprint density at radius 3 is 2.77 bits per heavy atom. The second-order valence-electron chi connectivity index (χ2n) is 8.49. The molecule has 35 heavy (non-hydrogen) atoms. The number of aromatic nitrogens is 4. The van der Waals surface area contributed by atoms with Crippen molar-refractivity contribution in [1.29, 1.82) is 0 Å². The van der Waals surface area contributed by atoms with Crippen LogP contribution in [-0.4, -0.2) is 49.5 Å². The molecule has 0 saturated carbocycles. The van der Waals surface area contributed by atoms with Gasteiger partial charge < -0.3 is 20.8 Å². The molecule has 9 nitrogen and oxygen atoms in total. The van der Waals surface area contributed by atoms with Crippen LogP contribution in [-0.2, 0) is 16.1 Å². The molecule has 2 aromatic heterocycles. The van der Waals surface area contributed by atoms with E-state index in [9.17, 15) is 9.59 Å². The summed E-state index contributed by atoms with van der Waals surface area (Å²) in [5.41, 5.74) is 8.25. The maximum atomic E-state index is 12.9. The summed E-state index contributed by atoms with van der Waals surface area (Å²) < 4.78 is 7.95. The largest absolute Gasteiger partial charge is 0.376 e. The number of nitrogens with two attached hydrogens (primary N) is 1. The molecule has 4 N–H and O–H groups in total. The van der Waals surface area contributed by atoms with E-state index in [2.05, 4.69) is 31.1 Å². The van der Waals surface area contributed by atoms with Gasteiger partial charge in [0.2, 0.25) is 11.8 Å². The van der Waals surface area contributed by atoms with E-state index in [0.717, 1.165) is 41.7 Å². The summed E-state index contributed by atoms with van der Waals surface area (Å²) in [5.74, 6) is 0.0561. The second-order valence-corrected chi connectivity index (χ2v) is 9.80. The number of hydrogen-bond donors (Lipinski definition) is 3. The third kappa shape index (κ3) is 4.94. The predicted molar refractivity (Wildman–Crippen MR) is 135 cm³/mol. The minimum atomic E-state index is -0.511. The van der Waals surface area contributed by atoms with E-state index in [-0.39, 0.29) is 12.0 Å². The van der Waals surface area contributed by atoms with E-state index < -0.39 is 11.2 Å². The highest BCUT2D eigenvalue weighted by atomic mass is 32.2. The predicted octanol–water partition coefficient (Wildman–Crippen LogP) is 3.82. The zero-order valence-electron chi connectivity index (χ0n) is 19.2. The molecule has 10 heteroatoms. The summed E-state index contributed by atoms with van der Waals surface area (Å²) in [5, 5.41) is 13.1. The second kappa shape index (κ2) is 9.93. The van der Waals surface area contributed by atoms with Gasteiger partial charge in [-0.15, -0.1) is 10.2 Å². The molecule has 2 aromatic carbocycles. The first-order valence-electron chi connectivity index (χ1n) is 11.5. The number of nitrogens with one attached hydrogen (secondary N) is 2. The van der Waals surface area contributed by atoms with Crippen LogP contribution in [0.25, 0.3) is 22.3 Å². The lowest BCUT2D eigenvalue weighted by molar-refractivity contribution is -0.115. The highest BCUT2D eigenvalue weighted by molar-refractivity contribution is 8.00. The lowest BCUT2D eigenvalue weighted by Crippen LogP contribution is -2.23. The summed E-state index contributed by atoms with van der Waals surface area (Å²) >= 11 is 1.35. The van der Waals surface area contributed by atoms with Crippen molar-refractivity contribution < 1.29 is 14.3 Å². The topological polar surface area (TPSA) is 128 Å². The molecule has 2 unspecified atom stereocenters. The number of ether oxygens (including phenoxy) is 1. The number of nitrogens with zero attached hydrogens (tertiary/aromatic N) is 3. The molecule has 5 rings (SSSR count). The van der Waals surface area contributed by atoms with Gasteiger partial charge in [0, 0.05) is 40.5 Å². The Kier molecular flexibility index (Phi) is 6.56. The summed E-state index contributed by atoms with van der Waals surface area (Å²) in [6.07, 6.45) is 4.04. The van der Waals surface area contributed by atoms with Crippen LogP contribution in [0, 0.1) is 0 Å². The first kappa shape index (κ1) is 23.1. The van der Waals surface area contributed by atoms with Crippen LogP contribution < -0.4 is 11.1 Å². The van der Waals surface area contributed by atoms with Gasteiger partial charge in [0.15, 0.2) is 11.0 Å². The average molecular weight is 491 g/mol. The van der Waals surface area contributed by atoms with E-state index in [1.807, 2.05) is 31.3 Å². The minimum absolute atomic E-state index is 0.0854. The summed E-state index contributed by atoms with van der Waals surface area (Å²) in [6, 6.07) is 14.6. The average Bonchev–Trinajstić information content (AvgIpc) is 3.60. The number of para-hydroxylation sites is 1. The Bertz CT molecular complexity index is 1360. The molecule has 180 valence electrons. The fourth-order valence-corrected chi connectivity index (χ4v) is 5.02. The molecular formula is C25H26N6O3S. The van der Waals surface area contributed by atoms with E-state index >= 15 is 0 Å². The van der Waals surface area contributed by atoms with Crippen molar-refractivity contribution in [3.63, 3.8) is 0 Å². The summed E-state index contributed by atoms with van der Waals surface area (Å²) in [7, 11) is 0. The Labute approximate surface area is 206 Å². The number of carbonyl (C=O) groups excluding carboxylic acids is 2. The number of amides is 2.